The molecule has 0 spiro atoms. The molecule has 1 rings (SSSR count). The molecule has 1 atom stereocenters. The van der Waals surface area contributed by atoms with Crippen LogP contribution in [-0.2, 0) is 9.47 Å². The van der Waals surface area contributed by atoms with E-state index in [-0.39, 0.29) is 17.0 Å². The van der Waals surface area contributed by atoms with E-state index >= 15 is 0 Å². The van der Waals surface area contributed by atoms with Gasteiger partial charge >= 0.3 is 5.30 Å². The smallest absolute Gasteiger partial charge is 0.367 e. The summed E-state index contributed by atoms with van der Waals surface area (Å²) in [4.78, 5) is 10.7. The van der Waals surface area contributed by atoms with E-state index in [1.165, 1.54) is 11.8 Å². The Balaban J connectivity index is 2.20. The molecule has 0 aliphatic carbocycles. The first kappa shape index (κ1) is 9.86. The number of carbonyl (C=O) groups is 1. The normalized spacial score (nSPS) is 24.2. The van der Waals surface area contributed by atoms with Gasteiger partial charge < -0.3 is 9.47 Å². The zero-order valence-electron chi connectivity index (χ0n) is 7.62. The van der Waals surface area contributed by atoms with Gasteiger partial charge in [-0.1, -0.05) is 0 Å². The zero-order valence-corrected chi connectivity index (χ0v) is 8.44. The molecule has 0 saturated carbocycles. The van der Waals surface area contributed by atoms with Crippen LogP contribution in [0.1, 0.15) is 20.8 Å². The molecular weight excluding hydrogens is 176 g/mol. The third kappa shape index (κ3) is 3.45. The lowest BCUT2D eigenvalue weighted by Crippen LogP contribution is -2.27. The van der Waals surface area contributed by atoms with Gasteiger partial charge in [0.1, 0.15) is 6.10 Å². The van der Waals surface area contributed by atoms with Crippen LogP contribution in [0.3, 0.4) is 0 Å². The summed E-state index contributed by atoms with van der Waals surface area (Å²) in [6.07, 6.45) is -0.0540. The Hall–Kier alpha value is -0.220. The molecule has 1 unspecified atom stereocenters. The summed E-state index contributed by atoms with van der Waals surface area (Å²) in [6, 6.07) is 0. The van der Waals surface area contributed by atoms with Gasteiger partial charge in [0.05, 0.1) is 12.2 Å². The average molecular weight is 190 g/mol. The molecule has 3 nitrogen and oxygen atoms in total. The predicted octanol–water partition coefficient (Wildman–Crippen LogP) is 2.05. The Labute approximate surface area is 76.8 Å². The zero-order chi connectivity index (χ0) is 9.19. The number of hydrogen-bond acceptors (Lipinski definition) is 4. The second-order valence-electron chi connectivity index (χ2n) is 3.72. The number of thioether (sulfide) groups is 1. The highest BCUT2D eigenvalue weighted by Gasteiger charge is 2.25. The summed E-state index contributed by atoms with van der Waals surface area (Å²) in [5.74, 6) is 0.717. The highest BCUT2D eigenvalue weighted by Crippen LogP contribution is 2.21. The lowest BCUT2D eigenvalue weighted by Gasteiger charge is -2.21. The van der Waals surface area contributed by atoms with Crippen LogP contribution in [0.4, 0.5) is 4.79 Å². The van der Waals surface area contributed by atoms with Crippen molar-refractivity contribution < 1.29 is 14.3 Å². The van der Waals surface area contributed by atoms with Crippen LogP contribution in [-0.4, -0.2) is 29.4 Å². The number of hydrogen-bond donors (Lipinski definition) is 0. The van der Waals surface area contributed by atoms with E-state index in [9.17, 15) is 4.79 Å². The Morgan fingerprint density at radius 3 is 2.75 bits per heavy atom. The van der Waals surface area contributed by atoms with Gasteiger partial charge in [-0.05, 0) is 32.5 Å². The minimum absolute atomic E-state index is 0.0540. The van der Waals surface area contributed by atoms with E-state index in [2.05, 4.69) is 0 Å². The van der Waals surface area contributed by atoms with Crippen LogP contribution in [0.5, 0.6) is 0 Å². The summed E-state index contributed by atoms with van der Waals surface area (Å²) in [6.45, 7) is 6.45. The molecule has 0 bridgehead atoms. The average Bonchev–Trinajstić information content (AvgIpc) is 2.30. The summed E-state index contributed by atoms with van der Waals surface area (Å²) in [5.41, 5.74) is -0.153. The fourth-order valence-corrected chi connectivity index (χ4v) is 1.48. The van der Waals surface area contributed by atoms with E-state index in [0.29, 0.717) is 6.61 Å². The van der Waals surface area contributed by atoms with Gasteiger partial charge in [-0.25, -0.2) is 4.79 Å². The van der Waals surface area contributed by atoms with Gasteiger partial charge in [0.2, 0.25) is 0 Å². The van der Waals surface area contributed by atoms with Gasteiger partial charge in [0, 0.05) is 5.75 Å². The minimum Gasteiger partial charge on any atom is -0.451 e. The van der Waals surface area contributed by atoms with Crippen molar-refractivity contribution in [1.82, 2.24) is 0 Å². The van der Waals surface area contributed by atoms with Crippen LogP contribution in [0.2, 0.25) is 0 Å². The first-order valence-electron chi connectivity index (χ1n) is 3.95. The standard InChI is InChI=1S/C8H14O3S/c1-8(2,3)10-4-6-5-12-7(9)11-6/h6H,4-5H2,1-3H3. The summed E-state index contributed by atoms with van der Waals surface area (Å²) in [5, 5.41) is -0.183. The van der Waals surface area contributed by atoms with Crippen molar-refractivity contribution in [2.75, 3.05) is 12.4 Å². The molecule has 4 heteroatoms. The van der Waals surface area contributed by atoms with Crippen LogP contribution < -0.4 is 0 Å². The SMILES string of the molecule is CC(C)(C)OCC1CSC(=O)O1. The molecule has 0 aromatic carbocycles. The first-order valence-corrected chi connectivity index (χ1v) is 4.93. The molecular formula is C8H14O3S. The van der Waals surface area contributed by atoms with Crippen molar-refractivity contribution in [3.05, 3.63) is 0 Å². The summed E-state index contributed by atoms with van der Waals surface area (Å²) >= 11 is 1.21. The summed E-state index contributed by atoms with van der Waals surface area (Å²) in [7, 11) is 0. The molecule has 12 heavy (non-hydrogen) atoms. The number of carbonyl (C=O) groups excluding carboxylic acids is 1. The predicted molar refractivity (Wildman–Crippen MR) is 48.4 cm³/mol. The maximum absolute atomic E-state index is 10.7. The molecule has 1 saturated heterocycles. The second kappa shape index (κ2) is 3.66. The molecule has 1 aliphatic rings. The van der Waals surface area contributed by atoms with Crippen molar-refractivity contribution in [3.63, 3.8) is 0 Å². The van der Waals surface area contributed by atoms with Crippen molar-refractivity contribution in [3.8, 4) is 0 Å². The fourth-order valence-electron chi connectivity index (χ4n) is 0.790. The number of cyclic esters (lactones) is 1. The number of ether oxygens (including phenoxy) is 2. The maximum Gasteiger partial charge on any atom is 0.367 e. The molecule has 1 fully saturated rings. The number of rotatable bonds is 2. The molecule has 1 heterocycles. The molecule has 0 radical (unpaired) electrons. The molecule has 0 amide bonds. The van der Waals surface area contributed by atoms with Crippen molar-refractivity contribution in [1.29, 1.82) is 0 Å². The third-order valence-corrected chi connectivity index (χ3v) is 2.22. The van der Waals surface area contributed by atoms with Crippen LogP contribution in [0, 0.1) is 0 Å². The molecule has 0 aromatic heterocycles. The van der Waals surface area contributed by atoms with Crippen molar-refractivity contribution in [2.24, 2.45) is 0 Å². The van der Waals surface area contributed by atoms with Gasteiger partial charge in [0.15, 0.2) is 0 Å². The Kier molecular flexibility index (Phi) is 3.01. The largest absolute Gasteiger partial charge is 0.451 e. The minimum atomic E-state index is -0.183. The van der Waals surface area contributed by atoms with Crippen molar-refractivity contribution >= 4 is 17.1 Å². The van der Waals surface area contributed by atoms with Gasteiger partial charge in [-0.15, -0.1) is 0 Å². The van der Waals surface area contributed by atoms with Crippen LogP contribution in [0.15, 0.2) is 0 Å². The monoisotopic (exact) mass is 190 g/mol. The van der Waals surface area contributed by atoms with Gasteiger partial charge in [-0.3, -0.25) is 0 Å². The molecule has 70 valence electrons. The van der Waals surface area contributed by atoms with Crippen molar-refractivity contribution in [2.45, 2.75) is 32.5 Å². The van der Waals surface area contributed by atoms with E-state index in [0.717, 1.165) is 5.75 Å². The second-order valence-corrected chi connectivity index (χ2v) is 4.68. The lowest BCUT2D eigenvalue weighted by atomic mass is 10.2. The van der Waals surface area contributed by atoms with E-state index in [4.69, 9.17) is 9.47 Å². The Morgan fingerprint density at radius 1 is 1.67 bits per heavy atom. The topological polar surface area (TPSA) is 35.5 Å². The van der Waals surface area contributed by atoms with Crippen LogP contribution in [0.25, 0.3) is 0 Å². The highest BCUT2D eigenvalue weighted by atomic mass is 32.2. The summed E-state index contributed by atoms with van der Waals surface area (Å²) < 4.78 is 10.4. The van der Waals surface area contributed by atoms with Gasteiger partial charge in [0.25, 0.3) is 0 Å². The highest BCUT2D eigenvalue weighted by molar-refractivity contribution is 8.13. The maximum atomic E-state index is 10.7. The molecule has 1 aliphatic heterocycles. The Bertz CT molecular complexity index is 174. The third-order valence-electron chi connectivity index (χ3n) is 1.35. The molecule has 0 aromatic rings. The quantitative estimate of drug-likeness (QED) is 0.624. The lowest BCUT2D eigenvalue weighted by molar-refractivity contribution is -0.0407. The first-order chi connectivity index (χ1) is 5.47. The fraction of sp³-hybridized carbons (Fsp3) is 0.875. The molecule has 0 N–H and O–H groups in total. The van der Waals surface area contributed by atoms with E-state index in [1.807, 2.05) is 20.8 Å². The van der Waals surface area contributed by atoms with E-state index in [1.54, 1.807) is 0 Å². The van der Waals surface area contributed by atoms with E-state index < -0.39 is 0 Å². The van der Waals surface area contributed by atoms with Crippen LogP contribution >= 0.6 is 11.8 Å². The van der Waals surface area contributed by atoms with Gasteiger partial charge in [-0.2, -0.15) is 0 Å². The Morgan fingerprint density at radius 2 is 2.33 bits per heavy atom.